The van der Waals surface area contributed by atoms with Gasteiger partial charge in [-0.3, -0.25) is 9.59 Å². The maximum absolute atomic E-state index is 13.1. The van der Waals surface area contributed by atoms with Gasteiger partial charge in [0.25, 0.3) is 0 Å². The first-order valence-corrected chi connectivity index (χ1v) is 8.26. The normalized spacial score (nSPS) is 16.2. The predicted octanol–water partition coefficient (Wildman–Crippen LogP) is 3.40. The van der Waals surface area contributed by atoms with E-state index >= 15 is 0 Å². The topological polar surface area (TPSA) is 66.4 Å². The summed E-state index contributed by atoms with van der Waals surface area (Å²) in [6, 6.07) is 6.59. The second-order valence-electron chi connectivity index (χ2n) is 6.37. The Morgan fingerprint density at radius 1 is 1.09 bits per heavy atom. The molecule has 2 N–H and O–H groups in total. The van der Waals surface area contributed by atoms with E-state index in [4.69, 9.17) is 5.11 Å². The lowest BCUT2D eigenvalue weighted by Crippen LogP contribution is -2.39. The molecule has 0 atom stereocenters. The maximum Gasteiger partial charge on any atom is 0.303 e. The van der Waals surface area contributed by atoms with Crippen LogP contribution in [0.5, 0.6) is 0 Å². The van der Waals surface area contributed by atoms with Gasteiger partial charge in [0.1, 0.15) is 5.82 Å². The van der Waals surface area contributed by atoms with Gasteiger partial charge in [0.15, 0.2) is 0 Å². The average molecular weight is 321 g/mol. The molecule has 0 aliphatic heterocycles. The standard InChI is InChI=1S/C18H24FNO3/c19-15-9-7-14(8-10-15)18(11-3-4-12-18)13-20-16(21)5-1-2-6-17(22)23/h7-10H,1-6,11-13H2,(H,20,21)(H,22,23). The number of unbranched alkanes of at least 4 members (excludes halogenated alkanes) is 1. The minimum Gasteiger partial charge on any atom is -0.481 e. The van der Waals surface area contributed by atoms with E-state index in [1.54, 1.807) is 0 Å². The molecule has 0 bridgehead atoms. The minimum atomic E-state index is -0.827. The Morgan fingerprint density at radius 2 is 1.70 bits per heavy atom. The average Bonchev–Trinajstić information content (AvgIpc) is 3.00. The highest BCUT2D eigenvalue weighted by Gasteiger charge is 2.35. The van der Waals surface area contributed by atoms with Gasteiger partial charge in [-0.05, 0) is 43.4 Å². The van der Waals surface area contributed by atoms with Crippen LogP contribution in [-0.4, -0.2) is 23.5 Å². The first kappa shape index (κ1) is 17.4. The van der Waals surface area contributed by atoms with Crippen LogP contribution in [0.2, 0.25) is 0 Å². The third kappa shape index (κ3) is 5.05. The van der Waals surface area contributed by atoms with Crippen LogP contribution in [0, 0.1) is 5.82 Å². The van der Waals surface area contributed by atoms with Crippen molar-refractivity contribution < 1.29 is 19.1 Å². The molecule has 0 spiro atoms. The number of carbonyl (C=O) groups excluding carboxylic acids is 1. The first-order valence-electron chi connectivity index (χ1n) is 8.26. The molecule has 1 saturated carbocycles. The van der Waals surface area contributed by atoms with E-state index in [9.17, 15) is 14.0 Å². The number of aliphatic carboxylic acids is 1. The van der Waals surface area contributed by atoms with Crippen molar-refractivity contribution >= 4 is 11.9 Å². The Bertz CT molecular complexity index is 536. The maximum atomic E-state index is 13.1. The number of amides is 1. The number of carboxylic acids is 1. The van der Waals surface area contributed by atoms with E-state index in [1.165, 1.54) is 12.1 Å². The molecule has 5 heteroatoms. The third-order valence-electron chi connectivity index (χ3n) is 4.69. The number of halogens is 1. The highest BCUT2D eigenvalue weighted by Crippen LogP contribution is 2.40. The Balaban J connectivity index is 1.86. The zero-order chi connectivity index (χ0) is 16.7. The van der Waals surface area contributed by atoms with Crippen molar-refractivity contribution in [3.63, 3.8) is 0 Å². The van der Waals surface area contributed by atoms with Crippen molar-refractivity contribution in [2.45, 2.75) is 56.8 Å². The summed E-state index contributed by atoms with van der Waals surface area (Å²) in [5, 5.41) is 11.6. The predicted molar refractivity (Wildman–Crippen MR) is 85.7 cm³/mol. The van der Waals surface area contributed by atoms with E-state index in [2.05, 4.69) is 5.32 Å². The Morgan fingerprint density at radius 3 is 2.30 bits per heavy atom. The van der Waals surface area contributed by atoms with Crippen LogP contribution >= 0.6 is 0 Å². The van der Waals surface area contributed by atoms with E-state index in [0.29, 0.717) is 25.8 Å². The Hall–Kier alpha value is -1.91. The number of rotatable bonds is 8. The molecule has 0 radical (unpaired) electrons. The first-order chi connectivity index (χ1) is 11.0. The molecule has 1 amide bonds. The second-order valence-corrected chi connectivity index (χ2v) is 6.37. The summed E-state index contributed by atoms with van der Waals surface area (Å²) < 4.78 is 13.1. The largest absolute Gasteiger partial charge is 0.481 e. The summed E-state index contributed by atoms with van der Waals surface area (Å²) in [4.78, 5) is 22.4. The summed E-state index contributed by atoms with van der Waals surface area (Å²) in [6.07, 6.45) is 5.79. The SMILES string of the molecule is O=C(O)CCCCC(=O)NCC1(c2ccc(F)cc2)CCCC1. The molecule has 1 fully saturated rings. The summed E-state index contributed by atoms with van der Waals surface area (Å²) in [6.45, 7) is 0.566. The highest BCUT2D eigenvalue weighted by atomic mass is 19.1. The smallest absolute Gasteiger partial charge is 0.303 e. The molecule has 126 valence electrons. The van der Waals surface area contributed by atoms with Gasteiger partial charge in [-0.1, -0.05) is 25.0 Å². The highest BCUT2D eigenvalue weighted by molar-refractivity contribution is 5.76. The van der Waals surface area contributed by atoms with Crippen molar-refractivity contribution in [3.05, 3.63) is 35.6 Å². The van der Waals surface area contributed by atoms with E-state index in [-0.39, 0.29) is 23.6 Å². The summed E-state index contributed by atoms with van der Waals surface area (Å²) >= 11 is 0. The lowest BCUT2D eigenvalue weighted by Gasteiger charge is -2.30. The number of carbonyl (C=O) groups is 2. The molecular weight excluding hydrogens is 297 g/mol. The Labute approximate surface area is 136 Å². The number of hydrogen-bond donors (Lipinski definition) is 2. The molecule has 0 aromatic heterocycles. The number of carboxylic acid groups (broad SMARTS) is 1. The summed E-state index contributed by atoms with van der Waals surface area (Å²) in [5.74, 6) is -1.11. The molecule has 2 rings (SSSR count). The van der Waals surface area contributed by atoms with Crippen LogP contribution in [0.4, 0.5) is 4.39 Å². The minimum absolute atomic E-state index is 0.0382. The molecule has 0 heterocycles. The molecule has 0 unspecified atom stereocenters. The fourth-order valence-corrected chi connectivity index (χ4v) is 3.34. The van der Waals surface area contributed by atoms with Crippen LogP contribution < -0.4 is 5.32 Å². The van der Waals surface area contributed by atoms with Crippen molar-refractivity contribution in [3.8, 4) is 0 Å². The Kier molecular flexibility index (Phi) is 6.13. The van der Waals surface area contributed by atoms with Crippen molar-refractivity contribution in [2.75, 3.05) is 6.54 Å². The lowest BCUT2D eigenvalue weighted by atomic mass is 9.79. The van der Waals surface area contributed by atoms with Gasteiger partial charge in [-0.15, -0.1) is 0 Å². The van der Waals surface area contributed by atoms with Gasteiger partial charge < -0.3 is 10.4 Å². The second kappa shape index (κ2) is 8.09. The lowest BCUT2D eigenvalue weighted by molar-refractivity contribution is -0.137. The molecule has 0 saturated heterocycles. The monoisotopic (exact) mass is 321 g/mol. The van der Waals surface area contributed by atoms with E-state index in [1.807, 2.05) is 12.1 Å². The molecule has 1 aromatic rings. The number of benzene rings is 1. The number of nitrogens with one attached hydrogen (secondary N) is 1. The molecule has 1 aliphatic carbocycles. The van der Waals surface area contributed by atoms with Crippen molar-refractivity contribution in [1.82, 2.24) is 5.32 Å². The summed E-state index contributed by atoms with van der Waals surface area (Å²) in [5.41, 5.74) is 0.993. The van der Waals surface area contributed by atoms with Crippen LogP contribution in [0.15, 0.2) is 24.3 Å². The van der Waals surface area contributed by atoms with E-state index in [0.717, 1.165) is 31.2 Å². The summed E-state index contributed by atoms with van der Waals surface area (Å²) in [7, 11) is 0. The van der Waals surface area contributed by atoms with Gasteiger partial charge in [-0.25, -0.2) is 4.39 Å². The van der Waals surface area contributed by atoms with Crippen molar-refractivity contribution in [2.24, 2.45) is 0 Å². The zero-order valence-electron chi connectivity index (χ0n) is 13.3. The molecule has 4 nitrogen and oxygen atoms in total. The van der Waals surface area contributed by atoms with Crippen LogP contribution in [-0.2, 0) is 15.0 Å². The fraction of sp³-hybridized carbons (Fsp3) is 0.556. The van der Waals surface area contributed by atoms with Crippen LogP contribution in [0.1, 0.15) is 56.9 Å². The molecule has 1 aromatic carbocycles. The van der Waals surface area contributed by atoms with Gasteiger partial charge >= 0.3 is 5.97 Å². The quantitative estimate of drug-likeness (QED) is 0.721. The van der Waals surface area contributed by atoms with Crippen LogP contribution in [0.25, 0.3) is 0 Å². The van der Waals surface area contributed by atoms with Gasteiger partial charge in [0.05, 0.1) is 0 Å². The molecule has 1 aliphatic rings. The van der Waals surface area contributed by atoms with Gasteiger partial charge in [0.2, 0.25) is 5.91 Å². The number of hydrogen-bond acceptors (Lipinski definition) is 2. The fourth-order valence-electron chi connectivity index (χ4n) is 3.34. The van der Waals surface area contributed by atoms with Crippen LogP contribution in [0.3, 0.4) is 0 Å². The van der Waals surface area contributed by atoms with Gasteiger partial charge in [-0.2, -0.15) is 0 Å². The molecule has 23 heavy (non-hydrogen) atoms. The van der Waals surface area contributed by atoms with Gasteiger partial charge in [0, 0.05) is 24.8 Å². The molecular formula is C18H24FNO3. The van der Waals surface area contributed by atoms with Crippen molar-refractivity contribution in [1.29, 1.82) is 0 Å². The zero-order valence-corrected chi connectivity index (χ0v) is 13.3. The third-order valence-corrected chi connectivity index (χ3v) is 4.69. The van der Waals surface area contributed by atoms with E-state index < -0.39 is 5.97 Å².